The van der Waals surface area contributed by atoms with Crippen LogP contribution in [0.1, 0.15) is 6.42 Å². The molecule has 0 amide bonds. The minimum atomic E-state index is -0.805. The second-order valence-corrected chi connectivity index (χ2v) is 4.71. The van der Waals surface area contributed by atoms with Crippen molar-refractivity contribution in [2.75, 3.05) is 26.7 Å². The van der Waals surface area contributed by atoms with E-state index >= 15 is 0 Å². The summed E-state index contributed by atoms with van der Waals surface area (Å²) in [6.07, 6.45) is 0.119. The van der Waals surface area contributed by atoms with Crippen LogP contribution in [0.15, 0.2) is 18.2 Å². The lowest BCUT2D eigenvalue weighted by molar-refractivity contribution is -0.137. The first-order valence-corrected chi connectivity index (χ1v) is 6.23. The van der Waals surface area contributed by atoms with Crippen LogP contribution >= 0.6 is 23.2 Å². The first-order chi connectivity index (χ1) is 8.49. The number of nitrogens with zero attached hydrogens (tertiary/aromatic N) is 1. The average Bonchev–Trinajstić information content (AvgIpc) is 2.31. The van der Waals surface area contributed by atoms with Crippen molar-refractivity contribution in [1.29, 1.82) is 0 Å². The fourth-order valence-corrected chi connectivity index (χ4v) is 1.63. The Morgan fingerprint density at radius 3 is 2.78 bits per heavy atom. The van der Waals surface area contributed by atoms with E-state index in [1.165, 1.54) is 0 Å². The Labute approximate surface area is 116 Å². The van der Waals surface area contributed by atoms with Crippen molar-refractivity contribution in [1.82, 2.24) is 4.90 Å². The Balaban J connectivity index is 2.32. The maximum absolute atomic E-state index is 10.4. The Morgan fingerprint density at radius 1 is 1.39 bits per heavy atom. The number of likely N-dealkylation sites (N-methyl/N-ethyl adjacent to an activating group) is 1. The molecule has 18 heavy (non-hydrogen) atoms. The fourth-order valence-electron chi connectivity index (χ4n) is 1.30. The number of ether oxygens (including phenoxy) is 1. The van der Waals surface area contributed by atoms with Gasteiger partial charge in [0.05, 0.1) is 11.4 Å². The summed E-state index contributed by atoms with van der Waals surface area (Å²) in [4.78, 5) is 12.3. The topological polar surface area (TPSA) is 49.8 Å². The van der Waals surface area contributed by atoms with Crippen LogP contribution in [0.2, 0.25) is 10.0 Å². The average molecular weight is 292 g/mol. The summed E-state index contributed by atoms with van der Waals surface area (Å²) in [7, 11) is 1.84. The minimum absolute atomic E-state index is 0.119. The zero-order valence-electron chi connectivity index (χ0n) is 10.0. The van der Waals surface area contributed by atoms with Crippen molar-refractivity contribution in [2.24, 2.45) is 0 Å². The number of carboxylic acids is 1. The number of rotatable bonds is 7. The minimum Gasteiger partial charge on any atom is -0.491 e. The van der Waals surface area contributed by atoms with E-state index in [1.54, 1.807) is 18.2 Å². The Kier molecular flexibility index (Phi) is 6.25. The van der Waals surface area contributed by atoms with E-state index in [2.05, 4.69) is 0 Å². The van der Waals surface area contributed by atoms with Gasteiger partial charge in [-0.15, -0.1) is 0 Å². The number of halogens is 2. The molecule has 0 unspecified atom stereocenters. The second kappa shape index (κ2) is 7.46. The molecule has 1 aromatic rings. The van der Waals surface area contributed by atoms with Gasteiger partial charge in [-0.1, -0.05) is 23.2 Å². The quantitative estimate of drug-likeness (QED) is 0.839. The lowest BCUT2D eigenvalue weighted by Gasteiger charge is -2.16. The summed E-state index contributed by atoms with van der Waals surface area (Å²) in [5, 5.41) is 9.61. The molecule has 0 atom stereocenters. The van der Waals surface area contributed by atoms with Gasteiger partial charge in [-0.25, -0.2) is 0 Å². The van der Waals surface area contributed by atoms with Crippen molar-refractivity contribution in [2.45, 2.75) is 6.42 Å². The highest BCUT2D eigenvalue weighted by molar-refractivity contribution is 6.34. The lowest BCUT2D eigenvalue weighted by atomic mass is 10.3. The molecule has 0 aromatic heterocycles. The van der Waals surface area contributed by atoms with Gasteiger partial charge in [-0.05, 0) is 19.2 Å². The molecule has 0 aliphatic heterocycles. The van der Waals surface area contributed by atoms with Crippen LogP contribution in [-0.2, 0) is 4.79 Å². The molecule has 0 bridgehead atoms. The van der Waals surface area contributed by atoms with E-state index in [4.69, 9.17) is 33.0 Å². The van der Waals surface area contributed by atoms with Gasteiger partial charge in [0.1, 0.15) is 12.4 Å². The zero-order chi connectivity index (χ0) is 13.5. The van der Waals surface area contributed by atoms with Crippen molar-refractivity contribution in [3.8, 4) is 5.75 Å². The summed E-state index contributed by atoms with van der Waals surface area (Å²) < 4.78 is 5.49. The lowest BCUT2D eigenvalue weighted by Crippen LogP contribution is -2.26. The summed E-state index contributed by atoms with van der Waals surface area (Å²) in [5.41, 5.74) is 0. The SMILES string of the molecule is CN(CCOc1cc(Cl)ccc1Cl)CCC(=O)O. The smallest absolute Gasteiger partial charge is 0.304 e. The molecule has 6 heteroatoms. The molecule has 0 saturated heterocycles. The first kappa shape index (κ1) is 15.1. The van der Waals surface area contributed by atoms with Gasteiger partial charge >= 0.3 is 5.97 Å². The van der Waals surface area contributed by atoms with Crippen molar-refractivity contribution < 1.29 is 14.6 Å². The fraction of sp³-hybridized carbons (Fsp3) is 0.417. The van der Waals surface area contributed by atoms with Crippen LogP contribution in [0.25, 0.3) is 0 Å². The van der Waals surface area contributed by atoms with Crippen LogP contribution in [0.4, 0.5) is 0 Å². The van der Waals surface area contributed by atoms with Crippen LogP contribution in [-0.4, -0.2) is 42.7 Å². The van der Waals surface area contributed by atoms with E-state index in [0.717, 1.165) is 0 Å². The maximum atomic E-state index is 10.4. The van der Waals surface area contributed by atoms with Gasteiger partial charge in [0.2, 0.25) is 0 Å². The normalized spacial score (nSPS) is 10.7. The van der Waals surface area contributed by atoms with Gasteiger partial charge in [0.25, 0.3) is 0 Å². The number of hydrogen-bond donors (Lipinski definition) is 1. The van der Waals surface area contributed by atoms with Crippen molar-refractivity contribution in [3.05, 3.63) is 28.2 Å². The van der Waals surface area contributed by atoms with Gasteiger partial charge < -0.3 is 14.7 Å². The molecule has 1 rings (SSSR count). The third-order valence-corrected chi connectivity index (χ3v) is 2.88. The number of aliphatic carboxylic acids is 1. The number of carboxylic acid groups (broad SMARTS) is 1. The van der Waals surface area contributed by atoms with Crippen molar-refractivity contribution in [3.63, 3.8) is 0 Å². The Bertz CT molecular complexity index is 412. The highest BCUT2D eigenvalue weighted by Gasteiger charge is 2.05. The summed E-state index contributed by atoms with van der Waals surface area (Å²) in [6, 6.07) is 5.02. The second-order valence-electron chi connectivity index (χ2n) is 3.87. The third-order valence-electron chi connectivity index (χ3n) is 2.33. The third kappa shape index (κ3) is 5.58. The van der Waals surface area contributed by atoms with Crippen LogP contribution < -0.4 is 4.74 Å². The van der Waals surface area contributed by atoms with E-state index in [9.17, 15) is 4.79 Å². The Morgan fingerprint density at radius 2 is 2.11 bits per heavy atom. The summed E-state index contributed by atoms with van der Waals surface area (Å²) in [5.74, 6) is -0.267. The predicted molar refractivity (Wildman–Crippen MR) is 71.7 cm³/mol. The molecule has 0 radical (unpaired) electrons. The van der Waals surface area contributed by atoms with Gasteiger partial charge in [0.15, 0.2) is 0 Å². The van der Waals surface area contributed by atoms with E-state index in [1.807, 2.05) is 11.9 Å². The van der Waals surface area contributed by atoms with Crippen molar-refractivity contribution >= 4 is 29.2 Å². The molecule has 0 heterocycles. The number of benzene rings is 1. The molecule has 0 aliphatic rings. The number of carbonyl (C=O) groups is 1. The maximum Gasteiger partial charge on any atom is 0.304 e. The van der Waals surface area contributed by atoms with Crippen LogP contribution in [0, 0.1) is 0 Å². The van der Waals surface area contributed by atoms with Gasteiger partial charge in [-0.3, -0.25) is 4.79 Å². The number of hydrogen-bond acceptors (Lipinski definition) is 3. The van der Waals surface area contributed by atoms with Gasteiger partial charge in [-0.2, -0.15) is 0 Å². The predicted octanol–water partition coefficient (Wildman–Crippen LogP) is 2.78. The first-order valence-electron chi connectivity index (χ1n) is 5.47. The molecule has 4 nitrogen and oxygen atoms in total. The molecular weight excluding hydrogens is 277 g/mol. The molecule has 1 aromatic carbocycles. The highest BCUT2D eigenvalue weighted by Crippen LogP contribution is 2.27. The molecule has 100 valence electrons. The summed E-state index contributed by atoms with van der Waals surface area (Å²) >= 11 is 11.8. The highest BCUT2D eigenvalue weighted by atomic mass is 35.5. The molecule has 0 spiro atoms. The standard InChI is InChI=1S/C12H15Cl2NO3/c1-15(5-4-12(16)17)6-7-18-11-8-9(13)2-3-10(11)14/h2-3,8H,4-7H2,1H3,(H,16,17). The van der Waals surface area contributed by atoms with E-state index in [-0.39, 0.29) is 6.42 Å². The molecule has 0 saturated carbocycles. The molecule has 0 aliphatic carbocycles. The molecular formula is C12H15Cl2NO3. The monoisotopic (exact) mass is 291 g/mol. The van der Waals surface area contributed by atoms with E-state index in [0.29, 0.717) is 35.5 Å². The summed E-state index contributed by atoms with van der Waals surface area (Å²) in [6.45, 7) is 1.54. The largest absolute Gasteiger partial charge is 0.491 e. The van der Waals surface area contributed by atoms with E-state index < -0.39 is 5.97 Å². The van der Waals surface area contributed by atoms with Crippen LogP contribution in [0.3, 0.4) is 0 Å². The molecule has 0 fully saturated rings. The van der Waals surface area contributed by atoms with Crippen LogP contribution in [0.5, 0.6) is 5.75 Å². The van der Waals surface area contributed by atoms with Gasteiger partial charge in [0, 0.05) is 24.2 Å². The Hall–Kier alpha value is -0.970. The molecule has 1 N–H and O–H groups in total. The zero-order valence-corrected chi connectivity index (χ0v) is 11.5.